The molecule has 1 heterocycles. The first kappa shape index (κ1) is 11.4. The van der Waals surface area contributed by atoms with Crippen LogP contribution in [0.15, 0.2) is 40.8 Å². The molecule has 3 rings (SSSR count). The van der Waals surface area contributed by atoms with Crippen LogP contribution in [0.3, 0.4) is 0 Å². The molecule has 0 atom stereocenters. The van der Waals surface area contributed by atoms with E-state index in [9.17, 15) is 5.11 Å². The highest BCUT2D eigenvalue weighted by molar-refractivity contribution is 5.79. The number of fused-ring (bicyclic) bond motifs is 1. The van der Waals surface area contributed by atoms with Crippen molar-refractivity contribution in [2.75, 3.05) is 12.8 Å². The van der Waals surface area contributed by atoms with Crippen LogP contribution in [0, 0.1) is 0 Å². The number of oxazole rings is 1. The number of nitrogens with zero attached hydrogens (tertiary/aromatic N) is 1. The molecular formula is C14H12N2O3. The van der Waals surface area contributed by atoms with Crippen LogP contribution in [-0.2, 0) is 0 Å². The first-order valence-electron chi connectivity index (χ1n) is 5.71. The fourth-order valence-corrected chi connectivity index (χ4v) is 1.88. The summed E-state index contributed by atoms with van der Waals surface area (Å²) in [6, 6.07) is 10.2. The van der Waals surface area contributed by atoms with Crippen molar-refractivity contribution in [3.05, 3.63) is 36.4 Å². The zero-order valence-corrected chi connectivity index (χ0v) is 10.3. The molecule has 0 unspecified atom stereocenters. The zero-order chi connectivity index (χ0) is 13.4. The minimum absolute atomic E-state index is 0.0403. The van der Waals surface area contributed by atoms with Crippen molar-refractivity contribution >= 4 is 16.8 Å². The maximum absolute atomic E-state index is 9.87. The van der Waals surface area contributed by atoms with Crippen LogP contribution in [-0.4, -0.2) is 17.2 Å². The summed E-state index contributed by atoms with van der Waals surface area (Å²) in [7, 11) is 1.59. The van der Waals surface area contributed by atoms with Crippen molar-refractivity contribution < 1.29 is 14.3 Å². The molecule has 0 fully saturated rings. The van der Waals surface area contributed by atoms with Gasteiger partial charge in [-0.15, -0.1) is 0 Å². The molecule has 2 aromatic carbocycles. The first-order chi connectivity index (χ1) is 9.17. The van der Waals surface area contributed by atoms with Crippen LogP contribution in [0.5, 0.6) is 11.5 Å². The molecule has 0 saturated heterocycles. The first-order valence-corrected chi connectivity index (χ1v) is 5.71. The average Bonchev–Trinajstić information content (AvgIpc) is 2.80. The quantitative estimate of drug-likeness (QED) is 0.689. The highest BCUT2D eigenvalue weighted by Gasteiger charge is 2.12. The monoisotopic (exact) mass is 256 g/mol. The number of methoxy groups -OCH3 is 1. The summed E-state index contributed by atoms with van der Waals surface area (Å²) >= 11 is 0. The molecule has 0 aliphatic heterocycles. The van der Waals surface area contributed by atoms with Gasteiger partial charge in [0.1, 0.15) is 17.0 Å². The number of phenols is 1. The van der Waals surface area contributed by atoms with Gasteiger partial charge in [0, 0.05) is 17.8 Å². The van der Waals surface area contributed by atoms with Gasteiger partial charge < -0.3 is 20.0 Å². The lowest BCUT2D eigenvalue weighted by atomic mass is 10.2. The molecule has 5 nitrogen and oxygen atoms in total. The summed E-state index contributed by atoms with van der Waals surface area (Å²) in [6.45, 7) is 0. The smallest absolute Gasteiger partial charge is 0.231 e. The van der Waals surface area contributed by atoms with Gasteiger partial charge in [0.15, 0.2) is 5.58 Å². The van der Waals surface area contributed by atoms with E-state index in [1.54, 1.807) is 37.4 Å². The fraction of sp³-hybridized carbons (Fsp3) is 0.0714. The van der Waals surface area contributed by atoms with E-state index in [1.165, 1.54) is 6.07 Å². The molecule has 0 saturated carbocycles. The van der Waals surface area contributed by atoms with Gasteiger partial charge in [0.05, 0.1) is 12.7 Å². The second-order valence-corrected chi connectivity index (χ2v) is 4.13. The lowest BCUT2D eigenvalue weighted by Crippen LogP contribution is -1.85. The Morgan fingerprint density at radius 2 is 2.05 bits per heavy atom. The van der Waals surface area contributed by atoms with E-state index in [0.717, 1.165) is 0 Å². The third-order valence-corrected chi connectivity index (χ3v) is 2.85. The molecular weight excluding hydrogens is 244 g/mol. The standard InChI is InChI=1S/C14H12N2O3/c1-18-9-3-5-13-11(7-9)16-14(19-13)10-4-2-8(15)6-12(10)17/h2-7,17H,15H2,1H3. The van der Waals surface area contributed by atoms with Gasteiger partial charge >= 0.3 is 0 Å². The molecule has 1 aromatic heterocycles. The Morgan fingerprint density at radius 1 is 1.21 bits per heavy atom. The van der Waals surface area contributed by atoms with Gasteiger partial charge in [-0.1, -0.05) is 0 Å². The Morgan fingerprint density at radius 3 is 2.79 bits per heavy atom. The van der Waals surface area contributed by atoms with Crippen LogP contribution in [0.2, 0.25) is 0 Å². The van der Waals surface area contributed by atoms with Gasteiger partial charge in [0.25, 0.3) is 0 Å². The average molecular weight is 256 g/mol. The number of aromatic hydroxyl groups is 1. The van der Waals surface area contributed by atoms with E-state index in [2.05, 4.69) is 4.98 Å². The number of nitrogen functional groups attached to an aromatic ring is 1. The van der Waals surface area contributed by atoms with Crippen LogP contribution in [0.25, 0.3) is 22.6 Å². The Balaban J connectivity index is 2.14. The summed E-state index contributed by atoms with van der Waals surface area (Å²) in [5.74, 6) is 1.09. The molecule has 0 radical (unpaired) electrons. The molecule has 3 N–H and O–H groups in total. The summed E-state index contributed by atoms with van der Waals surface area (Å²) in [4.78, 5) is 4.33. The molecule has 96 valence electrons. The third kappa shape index (κ3) is 1.95. The Hall–Kier alpha value is -2.69. The van der Waals surface area contributed by atoms with Gasteiger partial charge in [0.2, 0.25) is 5.89 Å². The lowest BCUT2D eigenvalue weighted by Gasteiger charge is -2.00. The zero-order valence-electron chi connectivity index (χ0n) is 10.3. The van der Waals surface area contributed by atoms with Crippen molar-refractivity contribution in [3.8, 4) is 23.0 Å². The maximum Gasteiger partial charge on any atom is 0.231 e. The minimum Gasteiger partial charge on any atom is -0.507 e. The molecule has 5 heteroatoms. The molecule has 0 aliphatic rings. The number of nitrogens with two attached hydrogens (primary N) is 1. The highest BCUT2D eigenvalue weighted by Crippen LogP contribution is 2.33. The third-order valence-electron chi connectivity index (χ3n) is 2.85. The summed E-state index contributed by atoms with van der Waals surface area (Å²) in [5.41, 5.74) is 7.88. The second kappa shape index (κ2) is 4.20. The van der Waals surface area contributed by atoms with E-state index in [-0.39, 0.29) is 5.75 Å². The van der Waals surface area contributed by atoms with Crippen LogP contribution in [0.1, 0.15) is 0 Å². The SMILES string of the molecule is COc1ccc2oc(-c3ccc(N)cc3O)nc2c1. The van der Waals surface area contributed by atoms with E-state index in [1.807, 2.05) is 0 Å². The Bertz CT molecular complexity index is 750. The van der Waals surface area contributed by atoms with Gasteiger partial charge in [-0.3, -0.25) is 0 Å². The molecule has 0 bridgehead atoms. The van der Waals surface area contributed by atoms with Crippen molar-refractivity contribution in [3.63, 3.8) is 0 Å². The predicted molar refractivity (Wildman–Crippen MR) is 72.1 cm³/mol. The number of hydrogen-bond acceptors (Lipinski definition) is 5. The number of hydrogen-bond donors (Lipinski definition) is 2. The van der Waals surface area contributed by atoms with Crippen LogP contribution in [0.4, 0.5) is 5.69 Å². The van der Waals surface area contributed by atoms with E-state index in [0.29, 0.717) is 34.0 Å². The number of aromatic nitrogens is 1. The molecule has 0 spiro atoms. The molecule has 19 heavy (non-hydrogen) atoms. The topological polar surface area (TPSA) is 81.5 Å². The van der Waals surface area contributed by atoms with Crippen molar-refractivity contribution in [2.45, 2.75) is 0 Å². The molecule has 3 aromatic rings. The number of phenolic OH excluding ortho intramolecular Hbond substituents is 1. The van der Waals surface area contributed by atoms with Gasteiger partial charge in [-0.2, -0.15) is 0 Å². The Kier molecular flexibility index (Phi) is 2.52. The highest BCUT2D eigenvalue weighted by atomic mass is 16.5. The molecule has 0 aliphatic carbocycles. The number of rotatable bonds is 2. The van der Waals surface area contributed by atoms with Crippen LogP contribution >= 0.6 is 0 Å². The predicted octanol–water partition coefficient (Wildman–Crippen LogP) is 2.79. The van der Waals surface area contributed by atoms with Crippen molar-refractivity contribution in [1.82, 2.24) is 4.98 Å². The molecule has 0 amide bonds. The normalized spacial score (nSPS) is 10.8. The van der Waals surface area contributed by atoms with Gasteiger partial charge in [-0.05, 0) is 24.3 Å². The van der Waals surface area contributed by atoms with Crippen molar-refractivity contribution in [1.29, 1.82) is 0 Å². The summed E-state index contributed by atoms with van der Waals surface area (Å²) in [6.07, 6.45) is 0. The van der Waals surface area contributed by atoms with Crippen LogP contribution < -0.4 is 10.5 Å². The summed E-state index contributed by atoms with van der Waals surface area (Å²) < 4.78 is 10.7. The maximum atomic E-state index is 9.87. The second-order valence-electron chi connectivity index (χ2n) is 4.13. The Labute approximate surface area is 109 Å². The largest absolute Gasteiger partial charge is 0.507 e. The minimum atomic E-state index is 0.0403. The number of ether oxygens (including phenoxy) is 1. The van der Waals surface area contributed by atoms with Gasteiger partial charge in [-0.25, -0.2) is 4.98 Å². The summed E-state index contributed by atoms with van der Waals surface area (Å²) in [5, 5.41) is 9.87. The fourth-order valence-electron chi connectivity index (χ4n) is 1.88. The van der Waals surface area contributed by atoms with E-state index < -0.39 is 0 Å². The van der Waals surface area contributed by atoms with Crippen molar-refractivity contribution in [2.24, 2.45) is 0 Å². The van der Waals surface area contributed by atoms with E-state index in [4.69, 9.17) is 14.9 Å². The van der Waals surface area contributed by atoms with E-state index >= 15 is 0 Å². The number of anilines is 1. The lowest BCUT2D eigenvalue weighted by molar-refractivity contribution is 0.415. The number of benzene rings is 2.